The first-order valence-electron chi connectivity index (χ1n) is 7.31. The lowest BCUT2D eigenvalue weighted by molar-refractivity contribution is 0.0953. The van der Waals surface area contributed by atoms with Crippen molar-refractivity contribution in [3.63, 3.8) is 0 Å². The number of halogens is 1. The lowest BCUT2D eigenvalue weighted by Gasteiger charge is -2.10. The van der Waals surface area contributed by atoms with Crippen LogP contribution in [0.25, 0.3) is 10.8 Å². The Balaban J connectivity index is 0.00000161. The zero-order valence-corrected chi connectivity index (χ0v) is 12.8. The van der Waals surface area contributed by atoms with Crippen molar-refractivity contribution in [1.82, 2.24) is 10.6 Å². The van der Waals surface area contributed by atoms with Crippen molar-refractivity contribution in [1.29, 1.82) is 0 Å². The van der Waals surface area contributed by atoms with Crippen LogP contribution in [-0.2, 0) is 0 Å². The summed E-state index contributed by atoms with van der Waals surface area (Å²) in [5, 5.41) is 8.54. The molecule has 1 aliphatic heterocycles. The standard InChI is InChI=1S/C17H20N2O.ClH/c20-17(19-11-9-13-8-10-18-12-13)16-7-3-5-14-4-1-2-6-15(14)16;/h1-7,13,18H,8-12H2,(H,19,20);1H. The van der Waals surface area contributed by atoms with Gasteiger partial charge in [0.1, 0.15) is 0 Å². The van der Waals surface area contributed by atoms with E-state index in [1.165, 1.54) is 6.42 Å². The van der Waals surface area contributed by atoms with Crippen LogP contribution < -0.4 is 10.6 Å². The van der Waals surface area contributed by atoms with Crippen molar-refractivity contribution in [3.05, 3.63) is 48.0 Å². The molecule has 1 unspecified atom stereocenters. The third-order valence-corrected chi connectivity index (χ3v) is 4.03. The van der Waals surface area contributed by atoms with Crippen molar-refractivity contribution in [2.75, 3.05) is 19.6 Å². The van der Waals surface area contributed by atoms with Crippen LogP contribution in [0.5, 0.6) is 0 Å². The number of amides is 1. The fourth-order valence-electron chi connectivity index (χ4n) is 2.87. The van der Waals surface area contributed by atoms with E-state index in [1.54, 1.807) is 0 Å². The highest BCUT2D eigenvalue weighted by Crippen LogP contribution is 2.18. The van der Waals surface area contributed by atoms with E-state index in [2.05, 4.69) is 10.6 Å². The van der Waals surface area contributed by atoms with Gasteiger partial charge in [-0.05, 0) is 48.7 Å². The number of carbonyl (C=O) groups excluding carboxylic acids is 1. The number of benzene rings is 2. The summed E-state index contributed by atoms with van der Waals surface area (Å²) in [5.74, 6) is 0.746. The average Bonchev–Trinajstić information content (AvgIpc) is 3.00. The van der Waals surface area contributed by atoms with E-state index >= 15 is 0 Å². The molecule has 0 saturated carbocycles. The van der Waals surface area contributed by atoms with Crippen molar-refractivity contribution in [2.24, 2.45) is 5.92 Å². The Labute approximate surface area is 131 Å². The van der Waals surface area contributed by atoms with Gasteiger partial charge in [-0.1, -0.05) is 36.4 Å². The Morgan fingerprint density at radius 2 is 2.00 bits per heavy atom. The molecule has 1 saturated heterocycles. The van der Waals surface area contributed by atoms with Gasteiger partial charge in [-0.15, -0.1) is 12.4 Å². The molecular weight excluding hydrogens is 284 g/mol. The Morgan fingerprint density at radius 3 is 2.81 bits per heavy atom. The first kappa shape index (κ1) is 15.8. The highest BCUT2D eigenvalue weighted by Gasteiger charge is 2.15. The van der Waals surface area contributed by atoms with Crippen LogP contribution in [0.2, 0.25) is 0 Å². The minimum Gasteiger partial charge on any atom is -0.352 e. The van der Waals surface area contributed by atoms with E-state index < -0.39 is 0 Å². The molecule has 1 amide bonds. The van der Waals surface area contributed by atoms with E-state index in [1.807, 2.05) is 42.5 Å². The SMILES string of the molecule is Cl.O=C(NCCC1CCNC1)c1cccc2ccccc12. The van der Waals surface area contributed by atoms with Crippen molar-refractivity contribution in [3.8, 4) is 0 Å². The first-order chi connectivity index (χ1) is 9.84. The molecule has 0 spiro atoms. The molecular formula is C17H21ClN2O. The molecule has 0 aromatic heterocycles. The van der Waals surface area contributed by atoms with Crippen LogP contribution in [0, 0.1) is 5.92 Å². The largest absolute Gasteiger partial charge is 0.352 e. The molecule has 2 aromatic rings. The van der Waals surface area contributed by atoms with E-state index in [9.17, 15) is 4.79 Å². The summed E-state index contributed by atoms with van der Waals surface area (Å²) in [4.78, 5) is 12.3. The summed E-state index contributed by atoms with van der Waals surface area (Å²) in [7, 11) is 0. The van der Waals surface area contributed by atoms with Gasteiger partial charge < -0.3 is 10.6 Å². The number of carbonyl (C=O) groups is 1. The summed E-state index contributed by atoms with van der Waals surface area (Å²) in [6.07, 6.45) is 2.29. The lowest BCUT2D eigenvalue weighted by atomic mass is 10.0. The second-order valence-electron chi connectivity index (χ2n) is 5.43. The van der Waals surface area contributed by atoms with Gasteiger partial charge in [-0.2, -0.15) is 0 Å². The predicted molar refractivity (Wildman–Crippen MR) is 89.1 cm³/mol. The maximum Gasteiger partial charge on any atom is 0.251 e. The monoisotopic (exact) mass is 304 g/mol. The molecule has 0 radical (unpaired) electrons. The molecule has 1 atom stereocenters. The van der Waals surface area contributed by atoms with Crippen LogP contribution in [0.1, 0.15) is 23.2 Å². The van der Waals surface area contributed by atoms with Gasteiger partial charge >= 0.3 is 0 Å². The number of nitrogens with one attached hydrogen (secondary N) is 2. The highest BCUT2D eigenvalue weighted by atomic mass is 35.5. The summed E-state index contributed by atoms with van der Waals surface area (Å²) in [5.41, 5.74) is 0.771. The molecule has 0 aliphatic carbocycles. The predicted octanol–water partition coefficient (Wildman–Crippen LogP) is 2.99. The number of rotatable bonds is 4. The maximum atomic E-state index is 12.3. The number of hydrogen-bond donors (Lipinski definition) is 2. The van der Waals surface area contributed by atoms with Crippen LogP contribution >= 0.6 is 12.4 Å². The van der Waals surface area contributed by atoms with Gasteiger partial charge in [0.25, 0.3) is 5.91 Å². The molecule has 1 fully saturated rings. The van der Waals surface area contributed by atoms with Crippen molar-refractivity contribution >= 4 is 29.1 Å². The number of hydrogen-bond acceptors (Lipinski definition) is 2. The molecule has 1 heterocycles. The van der Waals surface area contributed by atoms with Crippen LogP contribution in [0.15, 0.2) is 42.5 Å². The van der Waals surface area contributed by atoms with E-state index in [4.69, 9.17) is 0 Å². The third-order valence-electron chi connectivity index (χ3n) is 4.03. The molecule has 0 bridgehead atoms. The van der Waals surface area contributed by atoms with Crippen LogP contribution in [0.4, 0.5) is 0 Å². The van der Waals surface area contributed by atoms with Gasteiger partial charge in [0.05, 0.1) is 0 Å². The second kappa shape index (κ2) is 7.43. The molecule has 1 aliphatic rings. The topological polar surface area (TPSA) is 41.1 Å². The van der Waals surface area contributed by atoms with Gasteiger partial charge in [-0.25, -0.2) is 0 Å². The Kier molecular flexibility index (Phi) is 5.59. The van der Waals surface area contributed by atoms with Gasteiger partial charge in [0.2, 0.25) is 0 Å². The minimum atomic E-state index is 0. The van der Waals surface area contributed by atoms with E-state index in [0.29, 0.717) is 5.92 Å². The summed E-state index contributed by atoms with van der Waals surface area (Å²) >= 11 is 0. The van der Waals surface area contributed by atoms with E-state index in [-0.39, 0.29) is 18.3 Å². The normalized spacial score (nSPS) is 17.4. The zero-order chi connectivity index (χ0) is 13.8. The Hall–Kier alpha value is -1.58. The van der Waals surface area contributed by atoms with Crippen molar-refractivity contribution in [2.45, 2.75) is 12.8 Å². The molecule has 2 aromatic carbocycles. The quantitative estimate of drug-likeness (QED) is 0.912. The molecule has 3 nitrogen and oxygen atoms in total. The maximum absolute atomic E-state index is 12.3. The highest BCUT2D eigenvalue weighted by molar-refractivity contribution is 6.06. The molecule has 4 heteroatoms. The molecule has 21 heavy (non-hydrogen) atoms. The molecule has 2 N–H and O–H groups in total. The first-order valence-corrected chi connectivity index (χ1v) is 7.31. The number of fused-ring (bicyclic) bond motifs is 1. The van der Waals surface area contributed by atoms with Gasteiger partial charge in [0.15, 0.2) is 0 Å². The summed E-state index contributed by atoms with van der Waals surface area (Å²) < 4.78 is 0. The van der Waals surface area contributed by atoms with Crippen molar-refractivity contribution < 1.29 is 4.79 Å². The molecule has 3 rings (SSSR count). The lowest BCUT2D eigenvalue weighted by Crippen LogP contribution is -2.26. The van der Waals surface area contributed by atoms with E-state index in [0.717, 1.165) is 42.4 Å². The van der Waals surface area contributed by atoms with Gasteiger partial charge in [0, 0.05) is 12.1 Å². The Bertz CT molecular complexity index is 603. The second-order valence-corrected chi connectivity index (χ2v) is 5.43. The summed E-state index contributed by atoms with van der Waals surface area (Å²) in [6.45, 7) is 2.96. The minimum absolute atomic E-state index is 0. The Morgan fingerprint density at radius 1 is 1.19 bits per heavy atom. The summed E-state index contributed by atoms with van der Waals surface area (Å²) in [6, 6.07) is 13.9. The fourth-order valence-corrected chi connectivity index (χ4v) is 2.87. The van der Waals surface area contributed by atoms with Gasteiger partial charge in [-0.3, -0.25) is 4.79 Å². The molecule has 112 valence electrons. The van der Waals surface area contributed by atoms with Crippen LogP contribution in [0.3, 0.4) is 0 Å². The fraction of sp³-hybridized carbons (Fsp3) is 0.353. The average molecular weight is 305 g/mol. The third kappa shape index (κ3) is 3.74. The smallest absolute Gasteiger partial charge is 0.251 e. The zero-order valence-electron chi connectivity index (χ0n) is 12.0. The van der Waals surface area contributed by atoms with Crippen LogP contribution in [-0.4, -0.2) is 25.5 Å².